The smallest absolute Gasteiger partial charge is 0.295 e. The fourth-order valence-electron chi connectivity index (χ4n) is 3.05. The van der Waals surface area contributed by atoms with E-state index >= 15 is 0 Å². The number of carbonyl (C=O) groups excluding carboxylic acids is 1. The van der Waals surface area contributed by atoms with Gasteiger partial charge in [0.2, 0.25) is 5.13 Å². The van der Waals surface area contributed by atoms with E-state index < -0.39 is 0 Å². The highest BCUT2D eigenvalue weighted by Gasteiger charge is 2.19. The average molecular weight is 566 g/mol. The molecule has 1 N–H and O–H groups in total. The van der Waals surface area contributed by atoms with Crippen molar-refractivity contribution in [3.8, 4) is 10.9 Å². The molecule has 190 valence electrons. The van der Waals surface area contributed by atoms with Crippen molar-refractivity contribution in [1.82, 2.24) is 15.2 Å². The van der Waals surface area contributed by atoms with Crippen LogP contribution in [0.15, 0.2) is 46.2 Å². The number of allylic oxidation sites excluding steroid dienone is 4. The van der Waals surface area contributed by atoms with Crippen LogP contribution in [0.4, 0.5) is 5.13 Å². The van der Waals surface area contributed by atoms with Gasteiger partial charge < -0.3 is 14.2 Å². The molecular formula is C25H33BrN4O4S. The van der Waals surface area contributed by atoms with Crippen LogP contribution in [-0.2, 0) is 9.53 Å². The number of aromatic nitrogens is 3. The van der Waals surface area contributed by atoms with E-state index in [1.807, 2.05) is 38.1 Å². The van der Waals surface area contributed by atoms with Gasteiger partial charge in [-0.2, -0.15) is 0 Å². The number of anilines is 1. The van der Waals surface area contributed by atoms with Gasteiger partial charge in [0.05, 0.1) is 20.4 Å². The van der Waals surface area contributed by atoms with Crippen molar-refractivity contribution in [1.29, 1.82) is 0 Å². The third kappa shape index (κ3) is 9.54. The quantitative estimate of drug-likeness (QED) is 0.219. The Bertz CT molecular complexity index is 1050. The van der Waals surface area contributed by atoms with Crippen LogP contribution in [0.3, 0.4) is 0 Å². The summed E-state index contributed by atoms with van der Waals surface area (Å²) in [6.45, 7) is 8.04. The Balaban J connectivity index is 0.000000764. The van der Waals surface area contributed by atoms with Crippen LogP contribution in [-0.4, -0.2) is 48.5 Å². The summed E-state index contributed by atoms with van der Waals surface area (Å²) in [7, 11) is 3.08. The summed E-state index contributed by atoms with van der Waals surface area (Å²) in [4.78, 5) is 17.5. The SMILES string of the molecule is C1CCOC1.CCC/C=C/C(C(=O)Nc1nnc(OC)s1)=C(\C=C(C)C)c1cc(Br)ncc1OC. The standard InChI is InChI=1S/C21H25BrN4O3S.C4H8O/c1-6-7-8-9-14(19(27)24-20-25-26-21(29-5)30-20)15(10-13(2)3)16-11-18(22)23-12-17(16)28-4;1-2-4-5-3-1/h8-12H,6-7H2,1-5H3,(H,24,25,27);1-4H2/b9-8+,15-14-;. The predicted octanol–water partition coefficient (Wildman–Crippen LogP) is 6.22. The van der Waals surface area contributed by atoms with Crippen LogP contribution in [0.2, 0.25) is 0 Å². The van der Waals surface area contributed by atoms with E-state index in [9.17, 15) is 4.79 Å². The number of ether oxygens (including phenoxy) is 3. The van der Waals surface area contributed by atoms with Crippen LogP contribution >= 0.6 is 27.3 Å². The number of nitrogens with zero attached hydrogens (tertiary/aromatic N) is 3. The number of nitrogens with one attached hydrogen (secondary N) is 1. The largest absolute Gasteiger partial charge is 0.494 e. The van der Waals surface area contributed by atoms with Crippen molar-refractivity contribution < 1.29 is 19.0 Å². The second kappa shape index (κ2) is 15.4. The van der Waals surface area contributed by atoms with Gasteiger partial charge in [-0.25, -0.2) is 4.98 Å². The van der Waals surface area contributed by atoms with Crippen molar-refractivity contribution in [2.75, 3.05) is 32.8 Å². The van der Waals surface area contributed by atoms with Gasteiger partial charge in [-0.15, -0.1) is 5.10 Å². The Morgan fingerprint density at radius 1 is 1.23 bits per heavy atom. The van der Waals surface area contributed by atoms with Gasteiger partial charge in [-0.1, -0.05) is 42.2 Å². The number of pyridine rings is 1. The third-order valence-electron chi connectivity index (χ3n) is 4.68. The molecule has 2 aromatic heterocycles. The summed E-state index contributed by atoms with van der Waals surface area (Å²) < 4.78 is 16.2. The fraction of sp³-hybridized carbons (Fsp3) is 0.440. The first-order valence-electron chi connectivity index (χ1n) is 11.4. The molecule has 0 saturated carbocycles. The second-order valence-corrected chi connectivity index (χ2v) is 9.55. The molecule has 0 spiro atoms. The predicted molar refractivity (Wildman–Crippen MR) is 144 cm³/mol. The molecule has 3 rings (SSSR count). The molecule has 3 heterocycles. The minimum Gasteiger partial charge on any atom is -0.494 e. The number of amides is 1. The second-order valence-electron chi connectivity index (χ2n) is 7.80. The van der Waals surface area contributed by atoms with E-state index in [1.165, 1.54) is 20.0 Å². The van der Waals surface area contributed by atoms with Crippen molar-refractivity contribution >= 4 is 43.9 Å². The first-order chi connectivity index (χ1) is 16.9. The minimum atomic E-state index is -0.302. The Morgan fingerprint density at radius 3 is 2.51 bits per heavy atom. The molecule has 0 bridgehead atoms. The molecule has 0 aliphatic carbocycles. The van der Waals surface area contributed by atoms with E-state index in [2.05, 4.69) is 43.4 Å². The minimum absolute atomic E-state index is 0.302. The van der Waals surface area contributed by atoms with E-state index in [0.717, 1.165) is 54.1 Å². The average Bonchev–Trinajstić information content (AvgIpc) is 3.56. The maximum atomic E-state index is 13.3. The summed E-state index contributed by atoms with van der Waals surface area (Å²) >= 11 is 4.57. The molecule has 1 saturated heterocycles. The highest BCUT2D eigenvalue weighted by Crippen LogP contribution is 2.33. The van der Waals surface area contributed by atoms with Crippen LogP contribution < -0.4 is 14.8 Å². The topological polar surface area (TPSA) is 95.5 Å². The molecule has 2 aromatic rings. The summed E-state index contributed by atoms with van der Waals surface area (Å²) in [5.74, 6) is 0.265. The Labute approximate surface area is 219 Å². The molecule has 0 radical (unpaired) electrons. The first-order valence-corrected chi connectivity index (χ1v) is 13.0. The molecule has 1 amide bonds. The maximum Gasteiger partial charge on any atom is 0.295 e. The van der Waals surface area contributed by atoms with Crippen LogP contribution in [0, 0.1) is 0 Å². The van der Waals surface area contributed by atoms with E-state index in [0.29, 0.717) is 26.3 Å². The van der Waals surface area contributed by atoms with Gasteiger partial charge >= 0.3 is 0 Å². The molecule has 1 aliphatic rings. The molecular weight excluding hydrogens is 532 g/mol. The van der Waals surface area contributed by atoms with E-state index in [-0.39, 0.29) is 5.91 Å². The normalized spacial score (nSPS) is 13.5. The van der Waals surface area contributed by atoms with Crippen molar-refractivity contribution in [3.05, 3.63) is 51.8 Å². The zero-order chi connectivity index (χ0) is 25.6. The molecule has 0 aromatic carbocycles. The summed E-state index contributed by atoms with van der Waals surface area (Å²) in [6.07, 6.45) is 11.8. The highest BCUT2D eigenvalue weighted by molar-refractivity contribution is 9.10. The number of carbonyl (C=O) groups is 1. The number of methoxy groups -OCH3 is 2. The van der Waals surface area contributed by atoms with Gasteiger partial charge in [0.1, 0.15) is 10.4 Å². The van der Waals surface area contributed by atoms with Gasteiger partial charge in [-0.3, -0.25) is 10.1 Å². The lowest BCUT2D eigenvalue weighted by Gasteiger charge is -2.14. The van der Waals surface area contributed by atoms with Crippen LogP contribution in [0.1, 0.15) is 52.0 Å². The van der Waals surface area contributed by atoms with E-state index in [1.54, 1.807) is 13.3 Å². The zero-order valence-corrected chi connectivity index (χ0v) is 23.3. The number of halogens is 1. The molecule has 35 heavy (non-hydrogen) atoms. The molecule has 0 atom stereocenters. The summed E-state index contributed by atoms with van der Waals surface area (Å²) in [5.41, 5.74) is 2.99. The van der Waals surface area contributed by atoms with Gasteiger partial charge in [0.15, 0.2) is 0 Å². The summed E-state index contributed by atoms with van der Waals surface area (Å²) in [5, 5.41) is 11.4. The number of hydrogen-bond acceptors (Lipinski definition) is 8. The molecule has 1 aliphatic heterocycles. The van der Waals surface area contributed by atoms with Gasteiger partial charge in [0, 0.05) is 24.4 Å². The Morgan fingerprint density at radius 2 is 1.97 bits per heavy atom. The van der Waals surface area contributed by atoms with Gasteiger partial charge in [-0.05, 0) is 72.0 Å². The monoisotopic (exact) mass is 564 g/mol. The van der Waals surface area contributed by atoms with Crippen molar-refractivity contribution in [2.24, 2.45) is 0 Å². The number of hydrogen-bond donors (Lipinski definition) is 1. The van der Waals surface area contributed by atoms with Crippen molar-refractivity contribution in [2.45, 2.75) is 46.5 Å². The lowest BCUT2D eigenvalue weighted by molar-refractivity contribution is -0.112. The van der Waals surface area contributed by atoms with Crippen LogP contribution in [0.5, 0.6) is 10.9 Å². The Hall–Kier alpha value is -2.56. The Kier molecular flexibility index (Phi) is 12.6. The lowest BCUT2D eigenvalue weighted by atomic mass is 9.96. The zero-order valence-electron chi connectivity index (χ0n) is 20.9. The fourth-order valence-corrected chi connectivity index (χ4v) is 3.94. The van der Waals surface area contributed by atoms with Crippen LogP contribution in [0.25, 0.3) is 5.57 Å². The first kappa shape index (κ1) is 28.7. The third-order valence-corrected chi connectivity index (χ3v) is 5.91. The molecule has 8 nitrogen and oxygen atoms in total. The molecule has 0 unspecified atom stereocenters. The lowest BCUT2D eigenvalue weighted by Crippen LogP contribution is -2.15. The highest BCUT2D eigenvalue weighted by atomic mass is 79.9. The number of unbranched alkanes of at least 4 members (excludes halogenated alkanes) is 1. The molecule has 10 heteroatoms. The maximum absolute atomic E-state index is 13.3. The van der Waals surface area contributed by atoms with E-state index in [4.69, 9.17) is 14.2 Å². The van der Waals surface area contributed by atoms with Crippen molar-refractivity contribution in [3.63, 3.8) is 0 Å². The van der Waals surface area contributed by atoms with Gasteiger partial charge in [0.25, 0.3) is 11.1 Å². The summed E-state index contributed by atoms with van der Waals surface area (Å²) in [6, 6.07) is 1.84. The molecule has 1 fully saturated rings. The number of rotatable bonds is 9.